The van der Waals surface area contributed by atoms with E-state index in [0.717, 1.165) is 9.37 Å². The van der Waals surface area contributed by atoms with Gasteiger partial charge >= 0.3 is 5.69 Å². The number of nitro groups is 1. The van der Waals surface area contributed by atoms with E-state index in [1.54, 1.807) is 14.1 Å². The van der Waals surface area contributed by atoms with Crippen LogP contribution in [0.5, 0.6) is 0 Å². The van der Waals surface area contributed by atoms with E-state index in [1.165, 1.54) is 33.0 Å². The summed E-state index contributed by atoms with van der Waals surface area (Å²) in [7, 11) is 3.12. The maximum atomic E-state index is 12.3. The molecule has 3 aromatic rings. The van der Waals surface area contributed by atoms with Crippen molar-refractivity contribution < 1.29 is 9.72 Å². The molecule has 0 aliphatic rings. The summed E-state index contributed by atoms with van der Waals surface area (Å²) in [5, 5.41) is 14.0. The van der Waals surface area contributed by atoms with Gasteiger partial charge in [0.15, 0.2) is 0 Å². The molecule has 0 saturated heterocycles. The van der Waals surface area contributed by atoms with E-state index in [1.807, 2.05) is 24.3 Å². The van der Waals surface area contributed by atoms with Crippen LogP contribution >= 0.6 is 27.7 Å². The largest absolute Gasteiger partial charge is 0.328 e. The lowest BCUT2D eigenvalue weighted by molar-refractivity contribution is -0.383. The first kappa shape index (κ1) is 19.2. The minimum Gasteiger partial charge on any atom is -0.320 e. The number of nitrogens with one attached hydrogen (secondary N) is 1. The summed E-state index contributed by atoms with van der Waals surface area (Å²) in [6.45, 7) is 0. The number of anilines is 1. The lowest BCUT2D eigenvalue weighted by Gasteiger charge is -2.07. The molecular weight excluding hydrogens is 436 g/mol. The molecule has 27 heavy (non-hydrogen) atoms. The molecule has 3 rings (SSSR count). The second-order valence-electron chi connectivity index (χ2n) is 5.81. The molecule has 2 aromatic carbocycles. The molecule has 8 nitrogen and oxygen atoms in total. The van der Waals surface area contributed by atoms with Gasteiger partial charge in [0.1, 0.15) is 5.69 Å². The van der Waals surface area contributed by atoms with Crippen molar-refractivity contribution in [2.24, 2.45) is 14.1 Å². The number of amides is 1. The summed E-state index contributed by atoms with van der Waals surface area (Å²) < 4.78 is 3.65. The third-order valence-corrected chi connectivity index (χ3v) is 5.58. The van der Waals surface area contributed by atoms with Crippen molar-refractivity contribution in [3.8, 4) is 0 Å². The van der Waals surface area contributed by atoms with Crippen LogP contribution in [0.1, 0.15) is 0 Å². The molecule has 0 aliphatic heterocycles. The average molecular weight is 451 g/mol. The minimum atomic E-state index is -0.575. The zero-order chi connectivity index (χ0) is 19.7. The van der Waals surface area contributed by atoms with Crippen LogP contribution in [-0.2, 0) is 18.9 Å². The predicted octanol–water partition coefficient (Wildman–Crippen LogP) is 3.28. The summed E-state index contributed by atoms with van der Waals surface area (Å²) in [6.07, 6.45) is 0. The number of carbonyl (C=O) groups excluding carboxylic acids is 1. The molecule has 0 atom stereocenters. The molecular formula is C17H15BrN4O4S. The second-order valence-corrected chi connectivity index (χ2v) is 7.77. The van der Waals surface area contributed by atoms with Crippen molar-refractivity contribution in [3.63, 3.8) is 0 Å². The lowest BCUT2D eigenvalue weighted by atomic mass is 10.2. The molecule has 140 valence electrons. The number of aromatic nitrogens is 2. The highest BCUT2D eigenvalue weighted by atomic mass is 79.9. The first-order chi connectivity index (χ1) is 12.8. The molecule has 0 aliphatic carbocycles. The zero-order valence-corrected chi connectivity index (χ0v) is 16.8. The topological polar surface area (TPSA) is 99.2 Å². The number of rotatable bonds is 5. The molecule has 1 N–H and O–H groups in total. The second kappa shape index (κ2) is 7.57. The van der Waals surface area contributed by atoms with Crippen LogP contribution in [0.2, 0.25) is 0 Å². The Morgan fingerprint density at radius 2 is 1.78 bits per heavy atom. The van der Waals surface area contributed by atoms with Gasteiger partial charge in [-0.3, -0.25) is 24.0 Å². The Bertz CT molecular complexity index is 1100. The number of imidazole rings is 1. The number of fused-ring (bicyclic) bond motifs is 1. The molecule has 1 amide bonds. The maximum Gasteiger partial charge on any atom is 0.328 e. The van der Waals surface area contributed by atoms with Gasteiger partial charge in [0, 0.05) is 29.5 Å². The summed E-state index contributed by atoms with van der Waals surface area (Å²) in [4.78, 5) is 36.1. The van der Waals surface area contributed by atoms with Crippen LogP contribution in [0.4, 0.5) is 11.4 Å². The maximum absolute atomic E-state index is 12.3. The molecule has 1 heterocycles. The van der Waals surface area contributed by atoms with Gasteiger partial charge in [0.25, 0.3) is 5.69 Å². The minimum absolute atomic E-state index is 0.0649. The Kier molecular flexibility index (Phi) is 5.38. The molecule has 10 heteroatoms. The Labute approximate surface area is 166 Å². The van der Waals surface area contributed by atoms with Crippen molar-refractivity contribution in [2.75, 3.05) is 11.1 Å². The van der Waals surface area contributed by atoms with Gasteiger partial charge in [0.05, 0.1) is 21.7 Å². The number of aryl methyl sites for hydroxylation is 2. The van der Waals surface area contributed by atoms with E-state index in [4.69, 9.17) is 0 Å². The number of carbonyl (C=O) groups is 1. The smallest absolute Gasteiger partial charge is 0.320 e. The molecule has 0 fully saturated rings. The van der Waals surface area contributed by atoms with Gasteiger partial charge in [-0.2, -0.15) is 0 Å². The molecule has 0 radical (unpaired) electrons. The Balaban J connectivity index is 1.86. The number of thioether (sulfide) groups is 1. The van der Waals surface area contributed by atoms with E-state index < -0.39 is 4.92 Å². The Morgan fingerprint density at radius 1 is 1.19 bits per heavy atom. The third kappa shape index (κ3) is 3.91. The highest BCUT2D eigenvalue weighted by molar-refractivity contribution is 9.10. The first-order valence-corrected chi connectivity index (χ1v) is 9.58. The predicted molar refractivity (Wildman–Crippen MR) is 108 cm³/mol. The molecule has 0 unspecified atom stereocenters. The zero-order valence-electron chi connectivity index (χ0n) is 14.4. The van der Waals surface area contributed by atoms with Crippen molar-refractivity contribution in [2.45, 2.75) is 4.90 Å². The molecule has 0 saturated carbocycles. The van der Waals surface area contributed by atoms with Gasteiger partial charge in [-0.25, -0.2) is 4.79 Å². The molecule has 0 bridgehead atoms. The van der Waals surface area contributed by atoms with Gasteiger partial charge in [-0.05, 0) is 30.3 Å². The monoisotopic (exact) mass is 450 g/mol. The van der Waals surface area contributed by atoms with E-state index >= 15 is 0 Å². The van der Waals surface area contributed by atoms with E-state index in [9.17, 15) is 19.7 Å². The van der Waals surface area contributed by atoms with Crippen molar-refractivity contribution >= 4 is 56.0 Å². The van der Waals surface area contributed by atoms with Crippen molar-refractivity contribution in [3.05, 3.63) is 61.5 Å². The highest BCUT2D eigenvalue weighted by Crippen LogP contribution is 2.30. The van der Waals surface area contributed by atoms with Crippen LogP contribution in [0.3, 0.4) is 0 Å². The van der Waals surface area contributed by atoms with E-state index in [2.05, 4.69) is 21.2 Å². The first-order valence-electron chi connectivity index (χ1n) is 7.80. The van der Waals surface area contributed by atoms with Crippen LogP contribution in [0, 0.1) is 10.1 Å². The van der Waals surface area contributed by atoms with Gasteiger partial charge in [0.2, 0.25) is 5.91 Å². The lowest BCUT2D eigenvalue weighted by Crippen LogP contribution is -2.19. The van der Waals surface area contributed by atoms with Crippen molar-refractivity contribution in [1.82, 2.24) is 9.13 Å². The number of benzene rings is 2. The van der Waals surface area contributed by atoms with Gasteiger partial charge in [-0.1, -0.05) is 15.9 Å². The van der Waals surface area contributed by atoms with Crippen LogP contribution in [-0.4, -0.2) is 25.7 Å². The van der Waals surface area contributed by atoms with Crippen LogP contribution in [0.25, 0.3) is 11.0 Å². The quantitative estimate of drug-likeness (QED) is 0.365. The van der Waals surface area contributed by atoms with Crippen molar-refractivity contribution in [1.29, 1.82) is 0 Å². The SMILES string of the molecule is Cn1c(=O)n(C)c2cc([N+](=O)[O-])c(NC(=O)CSc3ccc(Br)cc3)cc21. The number of hydrogen-bond acceptors (Lipinski definition) is 5. The van der Waals surface area contributed by atoms with E-state index in [-0.39, 0.29) is 28.7 Å². The van der Waals surface area contributed by atoms with E-state index in [0.29, 0.717) is 11.0 Å². The fourth-order valence-electron chi connectivity index (χ4n) is 2.65. The third-order valence-electron chi connectivity index (χ3n) is 4.04. The molecule has 1 aromatic heterocycles. The highest BCUT2D eigenvalue weighted by Gasteiger charge is 2.21. The Hall–Kier alpha value is -2.59. The normalized spacial score (nSPS) is 10.9. The standard InChI is InChI=1S/C17H15BrN4O4S/c1-20-14-7-12(13(22(25)26)8-15(14)21(2)17(20)24)19-16(23)9-27-11-5-3-10(18)4-6-11/h3-8H,9H2,1-2H3,(H,19,23). The number of nitro benzene ring substituents is 1. The summed E-state index contributed by atoms with van der Waals surface area (Å²) >= 11 is 4.67. The van der Waals surface area contributed by atoms with Crippen LogP contribution in [0.15, 0.2) is 50.6 Å². The van der Waals surface area contributed by atoms with Gasteiger partial charge in [-0.15, -0.1) is 11.8 Å². The summed E-state index contributed by atoms with van der Waals surface area (Å²) in [6, 6.07) is 10.2. The fourth-order valence-corrected chi connectivity index (χ4v) is 3.61. The fraction of sp³-hybridized carbons (Fsp3) is 0.176. The number of hydrogen-bond donors (Lipinski definition) is 1. The van der Waals surface area contributed by atoms with Crippen LogP contribution < -0.4 is 11.0 Å². The molecule has 0 spiro atoms. The summed E-state index contributed by atoms with van der Waals surface area (Å²) in [5.74, 6) is -0.267. The Morgan fingerprint density at radius 3 is 2.37 bits per heavy atom. The summed E-state index contributed by atoms with van der Waals surface area (Å²) in [5.41, 5.74) is 0.440. The van der Waals surface area contributed by atoms with Gasteiger partial charge < -0.3 is 5.32 Å². The number of halogens is 1. The number of nitrogens with zero attached hydrogens (tertiary/aromatic N) is 3. The average Bonchev–Trinajstić information content (AvgIpc) is 2.84.